The SMILES string of the molecule is CN(CCc1ccccn1)C(=O)CCNC(C)(C)C. The summed E-state index contributed by atoms with van der Waals surface area (Å²) in [6.45, 7) is 7.73. The minimum Gasteiger partial charge on any atom is -0.345 e. The lowest BCUT2D eigenvalue weighted by molar-refractivity contribution is -0.129. The van der Waals surface area contributed by atoms with Gasteiger partial charge in [0.05, 0.1) is 0 Å². The number of rotatable bonds is 6. The normalized spacial score (nSPS) is 11.4. The summed E-state index contributed by atoms with van der Waals surface area (Å²) in [6, 6.07) is 5.85. The highest BCUT2D eigenvalue weighted by Crippen LogP contribution is 2.00. The molecule has 0 unspecified atom stereocenters. The largest absolute Gasteiger partial charge is 0.345 e. The Morgan fingerprint density at radius 2 is 2.11 bits per heavy atom. The second-order valence-corrected chi connectivity index (χ2v) is 5.81. The summed E-state index contributed by atoms with van der Waals surface area (Å²) in [6.07, 6.45) is 3.12. The summed E-state index contributed by atoms with van der Waals surface area (Å²) in [7, 11) is 1.85. The number of hydrogen-bond donors (Lipinski definition) is 1. The fourth-order valence-corrected chi connectivity index (χ4v) is 1.69. The van der Waals surface area contributed by atoms with Crippen LogP contribution in [0.2, 0.25) is 0 Å². The summed E-state index contributed by atoms with van der Waals surface area (Å²) in [4.78, 5) is 17.9. The number of likely N-dealkylation sites (N-methyl/N-ethyl adjacent to an activating group) is 1. The zero-order chi connectivity index (χ0) is 14.3. The van der Waals surface area contributed by atoms with Crippen molar-refractivity contribution in [3.8, 4) is 0 Å². The molecular weight excluding hydrogens is 238 g/mol. The Labute approximate surface area is 116 Å². The number of hydrogen-bond acceptors (Lipinski definition) is 3. The minimum absolute atomic E-state index is 0.0623. The third-order valence-electron chi connectivity index (χ3n) is 2.85. The number of carbonyl (C=O) groups excluding carboxylic acids is 1. The highest BCUT2D eigenvalue weighted by atomic mass is 16.2. The Hall–Kier alpha value is -1.42. The number of pyridine rings is 1. The second kappa shape index (κ2) is 7.24. The first-order valence-electron chi connectivity index (χ1n) is 6.77. The van der Waals surface area contributed by atoms with E-state index in [0.29, 0.717) is 13.0 Å². The summed E-state index contributed by atoms with van der Waals surface area (Å²) >= 11 is 0. The second-order valence-electron chi connectivity index (χ2n) is 5.81. The van der Waals surface area contributed by atoms with Gasteiger partial charge in [-0.1, -0.05) is 6.07 Å². The van der Waals surface area contributed by atoms with Gasteiger partial charge in [-0.2, -0.15) is 0 Å². The number of carbonyl (C=O) groups is 1. The third kappa shape index (κ3) is 6.91. The van der Waals surface area contributed by atoms with E-state index >= 15 is 0 Å². The molecule has 0 radical (unpaired) electrons. The molecule has 0 saturated heterocycles. The summed E-state index contributed by atoms with van der Waals surface area (Å²) in [5.74, 6) is 0.174. The maximum atomic E-state index is 11.9. The van der Waals surface area contributed by atoms with E-state index in [4.69, 9.17) is 0 Å². The molecule has 19 heavy (non-hydrogen) atoms. The lowest BCUT2D eigenvalue weighted by atomic mass is 10.1. The van der Waals surface area contributed by atoms with Crippen molar-refractivity contribution in [1.29, 1.82) is 0 Å². The third-order valence-corrected chi connectivity index (χ3v) is 2.85. The van der Waals surface area contributed by atoms with Crippen LogP contribution in [0.4, 0.5) is 0 Å². The van der Waals surface area contributed by atoms with Crippen LogP contribution in [0, 0.1) is 0 Å². The average Bonchev–Trinajstić information content (AvgIpc) is 2.35. The number of nitrogens with one attached hydrogen (secondary N) is 1. The number of aromatic nitrogens is 1. The zero-order valence-corrected chi connectivity index (χ0v) is 12.4. The van der Waals surface area contributed by atoms with E-state index in [1.807, 2.05) is 25.2 Å². The Bertz CT molecular complexity index is 384. The van der Waals surface area contributed by atoms with Crippen LogP contribution in [0.25, 0.3) is 0 Å². The van der Waals surface area contributed by atoms with E-state index in [1.54, 1.807) is 11.1 Å². The molecule has 1 aromatic rings. The minimum atomic E-state index is 0.0623. The van der Waals surface area contributed by atoms with Gasteiger partial charge in [0, 0.05) is 50.4 Å². The standard InChI is InChI=1S/C15H25N3O/c1-15(2,3)17-11-8-14(19)18(4)12-9-13-7-5-6-10-16-13/h5-7,10,17H,8-9,11-12H2,1-4H3. The van der Waals surface area contributed by atoms with Crippen LogP contribution < -0.4 is 5.32 Å². The molecule has 1 heterocycles. The van der Waals surface area contributed by atoms with Crippen LogP contribution in [-0.2, 0) is 11.2 Å². The smallest absolute Gasteiger partial charge is 0.223 e. The van der Waals surface area contributed by atoms with Gasteiger partial charge < -0.3 is 10.2 Å². The topological polar surface area (TPSA) is 45.2 Å². The molecule has 106 valence electrons. The molecule has 0 saturated carbocycles. The molecule has 1 aromatic heterocycles. The van der Waals surface area contributed by atoms with E-state index in [0.717, 1.165) is 18.7 Å². The van der Waals surface area contributed by atoms with Crippen LogP contribution in [0.5, 0.6) is 0 Å². The van der Waals surface area contributed by atoms with Crippen molar-refractivity contribution in [3.63, 3.8) is 0 Å². The highest BCUT2D eigenvalue weighted by Gasteiger charge is 2.12. The summed E-state index contributed by atoms with van der Waals surface area (Å²) in [5.41, 5.74) is 1.09. The van der Waals surface area contributed by atoms with Gasteiger partial charge in [-0.3, -0.25) is 9.78 Å². The van der Waals surface area contributed by atoms with Crippen LogP contribution in [0.1, 0.15) is 32.9 Å². The van der Waals surface area contributed by atoms with Crippen LogP contribution in [0.15, 0.2) is 24.4 Å². The van der Waals surface area contributed by atoms with Crippen LogP contribution in [0.3, 0.4) is 0 Å². The Kier molecular flexibility index (Phi) is 5.96. The van der Waals surface area contributed by atoms with Crippen molar-refractivity contribution in [2.45, 2.75) is 39.2 Å². The molecular formula is C15H25N3O. The van der Waals surface area contributed by atoms with E-state index in [1.165, 1.54) is 0 Å². The van der Waals surface area contributed by atoms with Crippen LogP contribution in [-0.4, -0.2) is 41.5 Å². The Morgan fingerprint density at radius 1 is 1.37 bits per heavy atom. The maximum absolute atomic E-state index is 11.9. The molecule has 0 aliphatic rings. The number of amides is 1. The van der Waals surface area contributed by atoms with Gasteiger partial charge in [0.1, 0.15) is 0 Å². The van der Waals surface area contributed by atoms with Crippen LogP contribution >= 0.6 is 0 Å². The Morgan fingerprint density at radius 3 is 2.68 bits per heavy atom. The van der Waals surface area contributed by atoms with Gasteiger partial charge in [-0.15, -0.1) is 0 Å². The van der Waals surface area contributed by atoms with Gasteiger partial charge >= 0.3 is 0 Å². The maximum Gasteiger partial charge on any atom is 0.223 e. The first-order valence-corrected chi connectivity index (χ1v) is 6.77. The van der Waals surface area contributed by atoms with Gasteiger partial charge in [0.2, 0.25) is 5.91 Å². The summed E-state index contributed by atoms with van der Waals surface area (Å²) in [5, 5.41) is 3.32. The van der Waals surface area contributed by atoms with Gasteiger partial charge in [-0.05, 0) is 32.9 Å². The fraction of sp³-hybridized carbons (Fsp3) is 0.600. The van der Waals surface area contributed by atoms with E-state index in [9.17, 15) is 4.79 Å². The van der Waals surface area contributed by atoms with Crippen molar-refractivity contribution >= 4 is 5.91 Å². The monoisotopic (exact) mass is 263 g/mol. The molecule has 0 fully saturated rings. The van der Waals surface area contributed by atoms with Gasteiger partial charge in [0.15, 0.2) is 0 Å². The van der Waals surface area contributed by atoms with Crippen molar-refractivity contribution in [2.24, 2.45) is 0 Å². The first-order chi connectivity index (χ1) is 8.88. The predicted molar refractivity (Wildman–Crippen MR) is 78.0 cm³/mol. The molecule has 0 bridgehead atoms. The number of nitrogens with zero attached hydrogens (tertiary/aromatic N) is 2. The molecule has 0 aliphatic heterocycles. The predicted octanol–water partition coefficient (Wildman–Crippen LogP) is 1.86. The Balaban J connectivity index is 2.25. The lowest BCUT2D eigenvalue weighted by Gasteiger charge is -2.22. The average molecular weight is 263 g/mol. The molecule has 0 aromatic carbocycles. The van der Waals surface area contributed by atoms with E-state index in [2.05, 4.69) is 31.1 Å². The molecule has 4 nitrogen and oxygen atoms in total. The first kappa shape index (κ1) is 15.6. The van der Waals surface area contributed by atoms with Crippen molar-refractivity contribution in [2.75, 3.05) is 20.1 Å². The lowest BCUT2D eigenvalue weighted by Crippen LogP contribution is -2.39. The fourth-order valence-electron chi connectivity index (χ4n) is 1.69. The molecule has 1 amide bonds. The molecule has 1 rings (SSSR count). The van der Waals surface area contributed by atoms with Crippen molar-refractivity contribution in [3.05, 3.63) is 30.1 Å². The molecule has 1 N–H and O–H groups in total. The highest BCUT2D eigenvalue weighted by molar-refractivity contribution is 5.76. The zero-order valence-electron chi connectivity index (χ0n) is 12.4. The quantitative estimate of drug-likeness (QED) is 0.852. The van der Waals surface area contributed by atoms with Gasteiger partial charge in [0.25, 0.3) is 0 Å². The van der Waals surface area contributed by atoms with Crippen molar-refractivity contribution < 1.29 is 4.79 Å². The van der Waals surface area contributed by atoms with Gasteiger partial charge in [-0.25, -0.2) is 0 Å². The summed E-state index contributed by atoms with van der Waals surface area (Å²) < 4.78 is 0. The molecule has 4 heteroatoms. The van der Waals surface area contributed by atoms with Crippen molar-refractivity contribution in [1.82, 2.24) is 15.2 Å². The van der Waals surface area contributed by atoms with E-state index < -0.39 is 0 Å². The van der Waals surface area contributed by atoms with E-state index in [-0.39, 0.29) is 11.4 Å². The molecule has 0 aliphatic carbocycles. The molecule has 0 atom stereocenters. The molecule has 0 spiro atoms.